The maximum Gasteiger partial charge on any atom is 0.315 e. The van der Waals surface area contributed by atoms with Crippen molar-refractivity contribution in [2.45, 2.75) is 38.1 Å². The van der Waals surface area contributed by atoms with Gasteiger partial charge in [0.25, 0.3) is 0 Å². The molecule has 5 atom stereocenters. The topological polar surface area (TPSA) is 70.2 Å². The Morgan fingerprint density at radius 3 is 2.71 bits per heavy atom. The Morgan fingerprint density at radius 2 is 1.90 bits per heavy atom. The van der Waals surface area contributed by atoms with Crippen LogP contribution in [0.25, 0.3) is 0 Å². The Labute approximate surface area is 125 Å². The SMILES string of the molecule is C=CCNC(=O)CNC(=O)N[C@@H]1C[C@H]2C[C@H]1[C@H]1CCC[C@@H]21. The van der Waals surface area contributed by atoms with Crippen molar-refractivity contribution in [3.05, 3.63) is 12.7 Å². The maximum absolute atomic E-state index is 11.9. The molecule has 0 unspecified atom stereocenters. The fourth-order valence-electron chi connectivity index (χ4n) is 4.86. The Hall–Kier alpha value is -1.52. The summed E-state index contributed by atoms with van der Waals surface area (Å²) in [5.74, 6) is 3.08. The van der Waals surface area contributed by atoms with Gasteiger partial charge in [0.05, 0.1) is 6.54 Å². The van der Waals surface area contributed by atoms with Crippen LogP contribution in [0.4, 0.5) is 4.79 Å². The van der Waals surface area contributed by atoms with E-state index in [1.165, 1.54) is 25.7 Å². The summed E-state index contributed by atoms with van der Waals surface area (Å²) in [4.78, 5) is 23.3. The van der Waals surface area contributed by atoms with Crippen LogP contribution in [-0.4, -0.2) is 31.1 Å². The van der Waals surface area contributed by atoms with Gasteiger partial charge in [0.1, 0.15) is 0 Å². The average Bonchev–Trinajstić information content (AvgIpc) is 3.14. The van der Waals surface area contributed by atoms with E-state index in [1.807, 2.05) is 0 Å². The minimum atomic E-state index is -0.212. The molecule has 0 aromatic carbocycles. The molecule has 21 heavy (non-hydrogen) atoms. The predicted molar refractivity (Wildman–Crippen MR) is 80.6 cm³/mol. The lowest BCUT2D eigenvalue weighted by Crippen LogP contribution is -2.48. The Kier molecular flexibility index (Phi) is 4.17. The van der Waals surface area contributed by atoms with Gasteiger partial charge in [0, 0.05) is 12.6 Å². The standard InChI is InChI=1S/C16H25N3O2/c1-2-6-17-15(20)9-18-16(21)19-14-8-10-7-13(14)12-5-3-4-11(10)12/h2,10-14H,1,3-9H2,(H,17,20)(H2,18,19,21)/t10-,11+,12+,13+,14-/m1/s1. The van der Waals surface area contributed by atoms with E-state index in [2.05, 4.69) is 22.5 Å². The maximum atomic E-state index is 11.9. The van der Waals surface area contributed by atoms with Gasteiger partial charge >= 0.3 is 6.03 Å². The molecular weight excluding hydrogens is 266 g/mol. The largest absolute Gasteiger partial charge is 0.351 e. The first-order valence-electron chi connectivity index (χ1n) is 8.11. The van der Waals surface area contributed by atoms with E-state index in [4.69, 9.17) is 0 Å². The van der Waals surface area contributed by atoms with Gasteiger partial charge in [-0.25, -0.2) is 4.79 Å². The molecule has 3 amide bonds. The van der Waals surface area contributed by atoms with Crippen LogP contribution in [0.2, 0.25) is 0 Å². The Morgan fingerprint density at radius 1 is 1.10 bits per heavy atom. The van der Waals surface area contributed by atoms with Gasteiger partial charge in [-0.1, -0.05) is 12.5 Å². The van der Waals surface area contributed by atoms with Crippen LogP contribution < -0.4 is 16.0 Å². The van der Waals surface area contributed by atoms with Crippen LogP contribution >= 0.6 is 0 Å². The number of nitrogens with one attached hydrogen (secondary N) is 3. The van der Waals surface area contributed by atoms with E-state index in [1.54, 1.807) is 6.08 Å². The molecule has 3 fully saturated rings. The highest BCUT2D eigenvalue weighted by molar-refractivity contribution is 5.84. The average molecular weight is 291 g/mol. The molecule has 116 valence electrons. The number of amides is 3. The fourth-order valence-corrected chi connectivity index (χ4v) is 4.86. The number of rotatable bonds is 5. The van der Waals surface area contributed by atoms with Crippen LogP contribution in [0.1, 0.15) is 32.1 Å². The van der Waals surface area contributed by atoms with Gasteiger partial charge in [-0.2, -0.15) is 0 Å². The second-order valence-electron chi connectivity index (χ2n) is 6.68. The van der Waals surface area contributed by atoms with Crippen LogP contribution in [0, 0.1) is 23.7 Å². The summed E-state index contributed by atoms with van der Waals surface area (Å²) in [5.41, 5.74) is 0. The van der Waals surface area contributed by atoms with E-state index in [0.717, 1.165) is 24.2 Å². The Bertz CT molecular complexity index is 437. The van der Waals surface area contributed by atoms with Crippen molar-refractivity contribution in [2.24, 2.45) is 23.7 Å². The molecule has 2 bridgehead atoms. The quantitative estimate of drug-likeness (QED) is 0.670. The van der Waals surface area contributed by atoms with Crippen molar-refractivity contribution in [2.75, 3.05) is 13.1 Å². The zero-order valence-electron chi connectivity index (χ0n) is 12.4. The van der Waals surface area contributed by atoms with Gasteiger partial charge in [-0.05, 0) is 49.4 Å². The fraction of sp³-hybridized carbons (Fsp3) is 0.750. The first-order valence-corrected chi connectivity index (χ1v) is 8.11. The molecule has 0 aliphatic heterocycles. The lowest BCUT2D eigenvalue weighted by atomic mass is 9.79. The first kappa shape index (κ1) is 14.4. The molecule has 0 saturated heterocycles. The zero-order chi connectivity index (χ0) is 14.8. The highest BCUT2D eigenvalue weighted by Gasteiger charge is 2.53. The second-order valence-corrected chi connectivity index (χ2v) is 6.68. The number of hydrogen-bond donors (Lipinski definition) is 3. The molecule has 0 aromatic rings. The molecule has 3 aliphatic rings. The number of carbonyl (C=O) groups is 2. The highest BCUT2D eigenvalue weighted by atomic mass is 16.2. The van der Waals surface area contributed by atoms with Crippen molar-refractivity contribution in [1.29, 1.82) is 0 Å². The highest BCUT2D eigenvalue weighted by Crippen LogP contribution is 2.58. The third-order valence-corrected chi connectivity index (χ3v) is 5.60. The molecule has 5 heteroatoms. The summed E-state index contributed by atoms with van der Waals surface area (Å²) < 4.78 is 0. The monoisotopic (exact) mass is 291 g/mol. The molecule has 3 saturated carbocycles. The Balaban J connectivity index is 1.42. The third kappa shape index (κ3) is 2.92. The lowest BCUT2D eigenvalue weighted by molar-refractivity contribution is -0.119. The summed E-state index contributed by atoms with van der Waals surface area (Å²) >= 11 is 0. The van der Waals surface area contributed by atoms with Crippen molar-refractivity contribution in [1.82, 2.24) is 16.0 Å². The summed E-state index contributed by atoms with van der Waals surface area (Å²) in [6, 6.07) is 0.0986. The van der Waals surface area contributed by atoms with E-state index in [-0.39, 0.29) is 18.5 Å². The molecule has 5 nitrogen and oxygen atoms in total. The van der Waals surface area contributed by atoms with E-state index in [9.17, 15) is 9.59 Å². The molecule has 3 aliphatic carbocycles. The molecule has 0 spiro atoms. The number of hydrogen-bond acceptors (Lipinski definition) is 2. The minimum absolute atomic E-state index is 0.0204. The minimum Gasteiger partial charge on any atom is -0.351 e. The molecule has 3 rings (SSSR count). The van der Waals surface area contributed by atoms with E-state index < -0.39 is 0 Å². The van der Waals surface area contributed by atoms with Gasteiger partial charge < -0.3 is 16.0 Å². The summed E-state index contributed by atoms with van der Waals surface area (Å²) in [7, 11) is 0. The van der Waals surface area contributed by atoms with Gasteiger partial charge in [0.2, 0.25) is 5.91 Å². The number of urea groups is 1. The van der Waals surface area contributed by atoms with Crippen LogP contribution in [0.15, 0.2) is 12.7 Å². The normalized spacial score (nSPS) is 36.1. The lowest BCUT2D eigenvalue weighted by Gasteiger charge is -2.32. The molecule has 3 N–H and O–H groups in total. The molecule has 0 radical (unpaired) electrons. The van der Waals surface area contributed by atoms with Crippen molar-refractivity contribution >= 4 is 11.9 Å². The number of carbonyl (C=O) groups excluding carboxylic acids is 2. The smallest absolute Gasteiger partial charge is 0.315 e. The summed E-state index contributed by atoms with van der Waals surface area (Å²) in [6.07, 6.45) is 8.14. The molecule has 0 aromatic heterocycles. The van der Waals surface area contributed by atoms with Crippen molar-refractivity contribution < 1.29 is 9.59 Å². The summed E-state index contributed by atoms with van der Waals surface area (Å²) in [5, 5.41) is 8.36. The van der Waals surface area contributed by atoms with Crippen LogP contribution in [-0.2, 0) is 4.79 Å². The molecular formula is C16H25N3O2. The van der Waals surface area contributed by atoms with Crippen molar-refractivity contribution in [3.63, 3.8) is 0 Å². The zero-order valence-corrected chi connectivity index (χ0v) is 12.4. The van der Waals surface area contributed by atoms with E-state index in [0.29, 0.717) is 18.5 Å². The molecule has 0 heterocycles. The van der Waals surface area contributed by atoms with Gasteiger partial charge in [-0.15, -0.1) is 6.58 Å². The summed E-state index contributed by atoms with van der Waals surface area (Å²) in [6.45, 7) is 3.98. The second kappa shape index (κ2) is 6.08. The third-order valence-electron chi connectivity index (χ3n) is 5.60. The predicted octanol–water partition coefficient (Wildman–Crippen LogP) is 1.41. The van der Waals surface area contributed by atoms with Gasteiger partial charge in [-0.3, -0.25) is 4.79 Å². The van der Waals surface area contributed by atoms with E-state index >= 15 is 0 Å². The van der Waals surface area contributed by atoms with Crippen LogP contribution in [0.5, 0.6) is 0 Å². The van der Waals surface area contributed by atoms with Crippen LogP contribution in [0.3, 0.4) is 0 Å². The van der Waals surface area contributed by atoms with Gasteiger partial charge in [0.15, 0.2) is 0 Å². The first-order chi connectivity index (χ1) is 10.2. The van der Waals surface area contributed by atoms with Crippen molar-refractivity contribution in [3.8, 4) is 0 Å². The number of fused-ring (bicyclic) bond motifs is 5.